The van der Waals surface area contributed by atoms with Gasteiger partial charge in [0.25, 0.3) is 0 Å². The number of primary amides is 1. The van der Waals surface area contributed by atoms with Crippen molar-refractivity contribution in [2.24, 2.45) is 5.73 Å². The number of benzene rings is 3. The Morgan fingerprint density at radius 1 is 1.00 bits per heavy atom. The van der Waals surface area contributed by atoms with Gasteiger partial charge in [0, 0.05) is 27.4 Å². The fourth-order valence-corrected chi connectivity index (χ4v) is 3.50. The first kappa shape index (κ1) is 17.1. The standard InChI is InChI=1S/C21H15F3N2O/c1-11-5-6-12-18(9-11)26(10-14-15(22)7-8-16(23)20(14)24)17-4-2-3-13(19(12)17)21(25)27/h2-9H,10H2,1H3,(H2,25,27). The summed E-state index contributed by atoms with van der Waals surface area (Å²) in [6, 6.07) is 12.3. The van der Waals surface area contributed by atoms with E-state index in [0.717, 1.165) is 23.1 Å². The van der Waals surface area contributed by atoms with E-state index in [1.54, 1.807) is 22.8 Å². The molecule has 0 bridgehead atoms. The number of aryl methyl sites for hydroxylation is 1. The number of nitrogens with two attached hydrogens (primary N) is 1. The Morgan fingerprint density at radius 2 is 1.74 bits per heavy atom. The van der Waals surface area contributed by atoms with Crippen LogP contribution in [0, 0.1) is 24.4 Å². The van der Waals surface area contributed by atoms with Crippen LogP contribution in [0.4, 0.5) is 13.2 Å². The average molecular weight is 368 g/mol. The molecule has 0 aliphatic carbocycles. The van der Waals surface area contributed by atoms with Crippen molar-refractivity contribution in [2.75, 3.05) is 0 Å². The molecule has 4 aromatic rings. The van der Waals surface area contributed by atoms with Crippen LogP contribution in [-0.4, -0.2) is 10.5 Å². The molecule has 1 heterocycles. The topological polar surface area (TPSA) is 48.0 Å². The summed E-state index contributed by atoms with van der Waals surface area (Å²) < 4.78 is 43.8. The lowest BCUT2D eigenvalue weighted by molar-refractivity contribution is 0.100. The van der Waals surface area contributed by atoms with Gasteiger partial charge in [-0.2, -0.15) is 0 Å². The van der Waals surface area contributed by atoms with Crippen LogP contribution in [0.25, 0.3) is 21.8 Å². The molecule has 0 aliphatic rings. The van der Waals surface area contributed by atoms with Gasteiger partial charge in [0.2, 0.25) is 5.91 Å². The van der Waals surface area contributed by atoms with E-state index in [9.17, 15) is 18.0 Å². The maximum absolute atomic E-state index is 14.2. The Bertz CT molecular complexity index is 1230. The highest BCUT2D eigenvalue weighted by Gasteiger charge is 2.20. The Morgan fingerprint density at radius 3 is 2.48 bits per heavy atom. The van der Waals surface area contributed by atoms with Crippen LogP contribution in [-0.2, 0) is 6.54 Å². The summed E-state index contributed by atoms with van der Waals surface area (Å²) in [5, 5.41) is 1.35. The molecule has 0 radical (unpaired) electrons. The molecular weight excluding hydrogens is 353 g/mol. The number of halogens is 3. The lowest BCUT2D eigenvalue weighted by Crippen LogP contribution is -2.11. The van der Waals surface area contributed by atoms with E-state index in [-0.39, 0.29) is 12.1 Å². The number of rotatable bonds is 3. The van der Waals surface area contributed by atoms with Crippen molar-refractivity contribution in [1.29, 1.82) is 0 Å². The zero-order valence-corrected chi connectivity index (χ0v) is 14.4. The quantitative estimate of drug-likeness (QED) is 0.525. The van der Waals surface area contributed by atoms with Crippen molar-refractivity contribution in [2.45, 2.75) is 13.5 Å². The number of hydrogen-bond acceptors (Lipinski definition) is 1. The summed E-state index contributed by atoms with van der Waals surface area (Å²) in [6.45, 7) is 1.67. The van der Waals surface area contributed by atoms with Crippen molar-refractivity contribution < 1.29 is 18.0 Å². The van der Waals surface area contributed by atoms with E-state index in [1.165, 1.54) is 0 Å². The number of fused-ring (bicyclic) bond motifs is 3. The normalized spacial score (nSPS) is 11.4. The molecule has 27 heavy (non-hydrogen) atoms. The lowest BCUT2D eigenvalue weighted by atomic mass is 10.1. The van der Waals surface area contributed by atoms with Gasteiger partial charge in [-0.1, -0.05) is 18.2 Å². The molecule has 0 fully saturated rings. The van der Waals surface area contributed by atoms with Crippen LogP contribution < -0.4 is 5.73 Å². The molecule has 4 rings (SSSR count). The zero-order chi connectivity index (χ0) is 19.3. The number of nitrogens with zero attached hydrogens (tertiary/aromatic N) is 1. The molecule has 0 aliphatic heterocycles. The second-order valence-corrected chi connectivity index (χ2v) is 6.49. The summed E-state index contributed by atoms with van der Waals surface area (Å²) in [5.74, 6) is -3.75. The van der Waals surface area contributed by atoms with E-state index in [2.05, 4.69) is 0 Å². The van der Waals surface area contributed by atoms with Gasteiger partial charge in [-0.15, -0.1) is 0 Å². The molecule has 0 saturated carbocycles. The molecule has 136 valence electrons. The number of carbonyl (C=O) groups excluding carboxylic acids is 1. The van der Waals surface area contributed by atoms with Gasteiger partial charge in [0.15, 0.2) is 11.6 Å². The van der Waals surface area contributed by atoms with Gasteiger partial charge in [-0.05, 0) is 42.8 Å². The Hall–Kier alpha value is -3.28. The van der Waals surface area contributed by atoms with Crippen molar-refractivity contribution in [1.82, 2.24) is 4.57 Å². The SMILES string of the molecule is Cc1ccc2c3c(C(N)=O)cccc3n(Cc3c(F)ccc(F)c3F)c2c1. The van der Waals surface area contributed by atoms with Crippen LogP contribution >= 0.6 is 0 Å². The minimum atomic E-state index is -1.22. The van der Waals surface area contributed by atoms with Crippen LogP contribution in [0.2, 0.25) is 0 Å². The largest absolute Gasteiger partial charge is 0.366 e. The summed E-state index contributed by atoms with van der Waals surface area (Å²) in [7, 11) is 0. The van der Waals surface area contributed by atoms with Gasteiger partial charge >= 0.3 is 0 Å². The van der Waals surface area contributed by atoms with E-state index in [4.69, 9.17) is 5.73 Å². The lowest BCUT2D eigenvalue weighted by Gasteiger charge is -2.11. The van der Waals surface area contributed by atoms with Crippen molar-refractivity contribution in [3.8, 4) is 0 Å². The van der Waals surface area contributed by atoms with Gasteiger partial charge in [-0.25, -0.2) is 13.2 Å². The molecule has 1 amide bonds. The molecule has 3 aromatic carbocycles. The number of hydrogen-bond donors (Lipinski definition) is 1. The maximum atomic E-state index is 14.2. The van der Waals surface area contributed by atoms with Gasteiger partial charge in [-0.3, -0.25) is 4.79 Å². The van der Waals surface area contributed by atoms with Crippen molar-refractivity contribution in [3.05, 3.63) is 82.7 Å². The third-order valence-electron chi connectivity index (χ3n) is 4.77. The van der Waals surface area contributed by atoms with Gasteiger partial charge in [0.1, 0.15) is 5.82 Å². The van der Waals surface area contributed by atoms with E-state index in [0.29, 0.717) is 22.0 Å². The van der Waals surface area contributed by atoms with Gasteiger partial charge < -0.3 is 10.3 Å². The molecule has 6 heteroatoms. The highest BCUT2D eigenvalue weighted by atomic mass is 19.2. The number of aromatic nitrogens is 1. The van der Waals surface area contributed by atoms with Crippen LogP contribution in [0.1, 0.15) is 21.5 Å². The first-order chi connectivity index (χ1) is 12.9. The van der Waals surface area contributed by atoms with Crippen molar-refractivity contribution in [3.63, 3.8) is 0 Å². The average Bonchev–Trinajstić information content (AvgIpc) is 2.94. The van der Waals surface area contributed by atoms with Crippen LogP contribution in [0.5, 0.6) is 0 Å². The first-order valence-electron chi connectivity index (χ1n) is 8.32. The fourth-order valence-electron chi connectivity index (χ4n) is 3.50. The predicted octanol–water partition coefficient (Wildman–Crippen LogP) is 4.67. The van der Waals surface area contributed by atoms with Gasteiger partial charge in [0.05, 0.1) is 12.1 Å². The summed E-state index contributed by atoms with van der Waals surface area (Å²) in [5.41, 5.74) is 7.67. The maximum Gasteiger partial charge on any atom is 0.249 e. The minimum absolute atomic E-state index is 0.221. The Labute approximate surface area is 152 Å². The summed E-state index contributed by atoms with van der Waals surface area (Å²) >= 11 is 0. The summed E-state index contributed by atoms with van der Waals surface area (Å²) in [6.07, 6.45) is 0. The van der Waals surface area contributed by atoms with Crippen LogP contribution in [0.15, 0.2) is 48.5 Å². The fraction of sp³-hybridized carbons (Fsp3) is 0.0952. The van der Waals surface area contributed by atoms with E-state index < -0.39 is 23.4 Å². The zero-order valence-electron chi connectivity index (χ0n) is 14.4. The smallest absolute Gasteiger partial charge is 0.249 e. The second-order valence-electron chi connectivity index (χ2n) is 6.49. The molecule has 2 N–H and O–H groups in total. The number of carbonyl (C=O) groups is 1. The predicted molar refractivity (Wildman–Crippen MR) is 98.1 cm³/mol. The van der Waals surface area contributed by atoms with Crippen molar-refractivity contribution >= 4 is 27.7 Å². The molecule has 3 nitrogen and oxygen atoms in total. The molecule has 1 aromatic heterocycles. The monoisotopic (exact) mass is 368 g/mol. The second kappa shape index (κ2) is 6.16. The third-order valence-corrected chi connectivity index (χ3v) is 4.77. The molecule has 0 saturated heterocycles. The first-order valence-corrected chi connectivity index (χ1v) is 8.32. The molecule has 0 atom stereocenters. The Kier molecular flexibility index (Phi) is 3.91. The van der Waals surface area contributed by atoms with Crippen LogP contribution in [0.3, 0.4) is 0 Å². The Balaban J connectivity index is 2.08. The highest BCUT2D eigenvalue weighted by molar-refractivity contribution is 6.17. The van der Waals surface area contributed by atoms with E-state index >= 15 is 0 Å². The minimum Gasteiger partial charge on any atom is -0.366 e. The highest BCUT2D eigenvalue weighted by Crippen LogP contribution is 2.33. The molecule has 0 spiro atoms. The third kappa shape index (κ3) is 2.65. The number of amides is 1. The summed E-state index contributed by atoms with van der Waals surface area (Å²) in [4.78, 5) is 11.9. The molecule has 0 unspecified atom stereocenters. The molecular formula is C21H15F3N2O. The van der Waals surface area contributed by atoms with E-state index in [1.807, 2.05) is 25.1 Å².